The van der Waals surface area contributed by atoms with Crippen LogP contribution in [0.3, 0.4) is 0 Å². The summed E-state index contributed by atoms with van der Waals surface area (Å²) in [5.41, 5.74) is 0.559. The van der Waals surface area contributed by atoms with E-state index >= 15 is 0 Å². The van der Waals surface area contributed by atoms with Crippen LogP contribution in [0.4, 0.5) is 11.4 Å². The van der Waals surface area contributed by atoms with Crippen LogP contribution < -0.4 is 9.80 Å². The highest BCUT2D eigenvalue weighted by Gasteiger charge is 2.41. The lowest BCUT2D eigenvalue weighted by Crippen LogP contribution is -2.56. The molecule has 1 aromatic rings. The van der Waals surface area contributed by atoms with Gasteiger partial charge in [-0.25, -0.2) is 4.79 Å². The number of aromatic carboxylic acids is 1. The molecule has 0 saturated carbocycles. The Morgan fingerprint density at radius 3 is 2.56 bits per heavy atom. The van der Waals surface area contributed by atoms with E-state index in [2.05, 4.69) is 0 Å². The molecule has 0 bridgehead atoms. The molecule has 1 aliphatic heterocycles. The lowest BCUT2D eigenvalue weighted by molar-refractivity contribution is -0.117. The van der Waals surface area contributed by atoms with Gasteiger partial charge >= 0.3 is 5.97 Å². The zero-order valence-corrected chi connectivity index (χ0v) is 10.9. The van der Waals surface area contributed by atoms with Crippen molar-refractivity contribution in [2.75, 3.05) is 23.4 Å². The van der Waals surface area contributed by atoms with E-state index in [4.69, 9.17) is 9.52 Å². The fourth-order valence-corrected chi connectivity index (χ4v) is 2.67. The Morgan fingerprint density at radius 1 is 1.44 bits per heavy atom. The second-order valence-corrected chi connectivity index (χ2v) is 5.13. The summed E-state index contributed by atoms with van der Waals surface area (Å²) in [5.74, 6) is -1.40. The SMILES string of the molecule is CC(=O)N1c2coc(C(=O)O)c2N(C)CC1(C)C. The first kappa shape index (κ1) is 12.5. The van der Waals surface area contributed by atoms with E-state index in [-0.39, 0.29) is 11.7 Å². The van der Waals surface area contributed by atoms with E-state index in [1.54, 1.807) is 11.9 Å². The molecule has 0 saturated heterocycles. The molecule has 1 amide bonds. The molecule has 2 rings (SSSR count). The third kappa shape index (κ3) is 1.64. The van der Waals surface area contributed by atoms with Gasteiger partial charge in [0, 0.05) is 20.5 Å². The molecule has 18 heavy (non-hydrogen) atoms. The van der Waals surface area contributed by atoms with Crippen molar-refractivity contribution < 1.29 is 19.1 Å². The van der Waals surface area contributed by atoms with Crippen molar-refractivity contribution in [2.45, 2.75) is 26.3 Å². The minimum absolute atomic E-state index is 0.130. The van der Waals surface area contributed by atoms with Crippen molar-refractivity contribution in [1.82, 2.24) is 0 Å². The van der Waals surface area contributed by atoms with E-state index < -0.39 is 11.5 Å². The van der Waals surface area contributed by atoms with Gasteiger partial charge in [0.2, 0.25) is 11.7 Å². The van der Waals surface area contributed by atoms with Crippen LogP contribution in [-0.4, -0.2) is 36.1 Å². The van der Waals surface area contributed by atoms with Crippen LogP contribution in [0, 0.1) is 0 Å². The summed E-state index contributed by atoms with van der Waals surface area (Å²) in [6.07, 6.45) is 1.33. The lowest BCUT2D eigenvalue weighted by atomic mass is 9.97. The van der Waals surface area contributed by atoms with Crippen molar-refractivity contribution in [3.63, 3.8) is 0 Å². The molecule has 1 N–H and O–H groups in total. The molecule has 6 nitrogen and oxygen atoms in total. The Hall–Kier alpha value is -1.98. The molecular formula is C12H16N2O4. The van der Waals surface area contributed by atoms with Gasteiger partial charge in [-0.05, 0) is 13.8 Å². The van der Waals surface area contributed by atoms with Crippen LogP contribution in [-0.2, 0) is 4.79 Å². The third-order valence-corrected chi connectivity index (χ3v) is 3.11. The topological polar surface area (TPSA) is 74.0 Å². The van der Waals surface area contributed by atoms with E-state index in [0.717, 1.165) is 0 Å². The maximum Gasteiger partial charge on any atom is 0.374 e. The summed E-state index contributed by atoms with van der Waals surface area (Å²) in [4.78, 5) is 26.3. The predicted molar refractivity (Wildman–Crippen MR) is 66.2 cm³/mol. The van der Waals surface area contributed by atoms with Crippen LogP contribution >= 0.6 is 0 Å². The van der Waals surface area contributed by atoms with Crippen molar-refractivity contribution >= 4 is 23.3 Å². The molecule has 1 aliphatic rings. The summed E-state index contributed by atoms with van der Waals surface area (Å²) in [5, 5.41) is 9.08. The monoisotopic (exact) mass is 252 g/mol. The van der Waals surface area contributed by atoms with Gasteiger partial charge in [0.05, 0.1) is 5.54 Å². The molecule has 0 unspecified atom stereocenters. The van der Waals surface area contributed by atoms with E-state index in [1.807, 2.05) is 18.7 Å². The standard InChI is InChI=1S/C12H16N2O4/c1-7(15)14-8-5-18-10(11(16)17)9(8)13(4)6-12(14,2)3/h5H,6H2,1-4H3,(H,16,17). The van der Waals surface area contributed by atoms with E-state index in [1.165, 1.54) is 13.2 Å². The van der Waals surface area contributed by atoms with Gasteiger partial charge < -0.3 is 19.3 Å². The number of carbonyl (C=O) groups excluding carboxylic acids is 1. The summed E-state index contributed by atoms with van der Waals surface area (Å²) in [6.45, 7) is 5.87. The Kier molecular flexibility index (Phi) is 2.61. The first-order valence-corrected chi connectivity index (χ1v) is 5.62. The smallest absolute Gasteiger partial charge is 0.374 e. The fourth-order valence-electron chi connectivity index (χ4n) is 2.67. The molecule has 0 aliphatic carbocycles. The maximum absolute atomic E-state index is 11.8. The first-order chi connectivity index (χ1) is 8.25. The molecule has 0 fully saturated rings. The minimum Gasteiger partial charge on any atom is -0.475 e. The summed E-state index contributed by atoms with van der Waals surface area (Å²) >= 11 is 0. The average Bonchev–Trinajstić information content (AvgIpc) is 2.59. The fraction of sp³-hybridized carbons (Fsp3) is 0.500. The molecule has 0 atom stereocenters. The number of fused-ring (bicyclic) bond motifs is 1. The van der Waals surface area contributed by atoms with Gasteiger partial charge in [0.1, 0.15) is 17.6 Å². The normalized spacial score (nSPS) is 17.6. The highest BCUT2D eigenvalue weighted by atomic mass is 16.4. The van der Waals surface area contributed by atoms with Crippen molar-refractivity contribution in [1.29, 1.82) is 0 Å². The summed E-state index contributed by atoms with van der Waals surface area (Å²) in [6, 6.07) is 0. The van der Waals surface area contributed by atoms with Crippen molar-refractivity contribution in [3.05, 3.63) is 12.0 Å². The molecule has 0 spiro atoms. The van der Waals surface area contributed by atoms with Gasteiger partial charge in [0.15, 0.2) is 0 Å². The number of rotatable bonds is 1. The highest BCUT2D eigenvalue weighted by molar-refractivity contribution is 6.03. The molecule has 1 aromatic heterocycles. The first-order valence-electron chi connectivity index (χ1n) is 5.62. The molecular weight excluding hydrogens is 236 g/mol. The quantitative estimate of drug-likeness (QED) is 0.821. The molecule has 98 valence electrons. The number of carboxylic acids is 1. The Labute approximate surface area is 105 Å². The van der Waals surface area contributed by atoms with Gasteiger partial charge in [-0.2, -0.15) is 0 Å². The van der Waals surface area contributed by atoms with Crippen molar-refractivity contribution in [2.24, 2.45) is 0 Å². The number of anilines is 2. The van der Waals surface area contributed by atoms with Crippen LogP contribution in [0.25, 0.3) is 0 Å². The van der Waals surface area contributed by atoms with Crippen molar-refractivity contribution in [3.8, 4) is 0 Å². The highest BCUT2D eigenvalue weighted by Crippen LogP contribution is 2.42. The number of furan rings is 1. The molecule has 6 heteroatoms. The van der Waals surface area contributed by atoms with Crippen LogP contribution in [0.1, 0.15) is 31.3 Å². The molecule has 0 radical (unpaired) electrons. The zero-order valence-electron chi connectivity index (χ0n) is 10.9. The largest absolute Gasteiger partial charge is 0.475 e. The van der Waals surface area contributed by atoms with Gasteiger partial charge in [-0.3, -0.25) is 4.79 Å². The number of amides is 1. The Morgan fingerprint density at radius 2 is 2.06 bits per heavy atom. The van der Waals surface area contributed by atoms with Crippen LogP contribution in [0.15, 0.2) is 10.7 Å². The average molecular weight is 252 g/mol. The maximum atomic E-state index is 11.8. The third-order valence-electron chi connectivity index (χ3n) is 3.11. The molecule has 2 heterocycles. The van der Waals surface area contributed by atoms with E-state index in [0.29, 0.717) is 17.9 Å². The van der Waals surface area contributed by atoms with Gasteiger partial charge in [0.25, 0.3) is 0 Å². The Balaban J connectivity index is 2.63. The van der Waals surface area contributed by atoms with Crippen LogP contribution in [0.5, 0.6) is 0 Å². The van der Waals surface area contributed by atoms with Crippen LogP contribution in [0.2, 0.25) is 0 Å². The lowest BCUT2D eigenvalue weighted by Gasteiger charge is -2.45. The number of carbonyl (C=O) groups is 2. The number of hydrogen-bond donors (Lipinski definition) is 1. The number of nitrogens with zero attached hydrogens (tertiary/aromatic N) is 2. The number of likely N-dealkylation sites (N-methyl/N-ethyl adjacent to an activating group) is 1. The van der Waals surface area contributed by atoms with E-state index in [9.17, 15) is 9.59 Å². The molecule has 0 aromatic carbocycles. The second-order valence-electron chi connectivity index (χ2n) is 5.13. The zero-order chi connectivity index (χ0) is 13.7. The van der Waals surface area contributed by atoms with Gasteiger partial charge in [-0.15, -0.1) is 0 Å². The summed E-state index contributed by atoms with van der Waals surface area (Å²) in [7, 11) is 1.79. The summed E-state index contributed by atoms with van der Waals surface area (Å²) < 4.78 is 5.09. The number of hydrogen-bond acceptors (Lipinski definition) is 4. The Bertz CT molecular complexity index is 518. The predicted octanol–water partition coefficient (Wildman–Crippen LogP) is 1.56. The second kappa shape index (κ2) is 3.76. The number of carboxylic acid groups (broad SMARTS) is 1. The van der Waals surface area contributed by atoms with Gasteiger partial charge in [-0.1, -0.05) is 0 Å². The minimum atomic E-state index is -1.13.